The van der Waals surface area contributed by atoms with Crippen molar-refractivity contribution in [3.8, 4) is 0 Å². The molecule has 3 N–H and O–H groups in total. The van der Waals surface area contributed by atoms with Gasteiger partial charge in [-0.1, -0.05) is 0 Å². The number of hydrogen-bond donors (Lipinski definition) is 2. The quantitative estimate of drug-likeness (QED) is 0.759. The molecule has 0 heterocycles. The summed E-state index contributed by atoms with van der Waals surface area (Å²) in [5, 5.41) is 2.80. The first-order chi connectivity index (χ1) is 9.28. The average Bonchev–Trinajstić information content (AvgIpc) is 2.33. The third-order valence-electron chi connectivity index (χ3n) is 3.72. The molecular formula is C15H31N3O2. The highest BCUT2D eigenvalue weighted by Crippen LogP contribution is 2.21. The van der Waals surface area contributed by atoms with E-state index in [-0.39, 0.29) is 6.09 Å². The second kappa shape index (κ2) is 7.84. The monoisotopic (exact) mass is 285 g/mol. The van der Waals surface area contributed by atoms with Gasteiger partial charge in [-0.25, -0.2) is 4.79 Å². The number of ether oxygens (including phenoxy) is 1. The average molecular weight is 285 g/mol. The fraction of sp³-hybridized carbons (Fsp3) is 0.933. The molecule has 0 atom stereocenters. The number of nitrogens with zero attached hydrogens (tertiary/aromatic N) is 1. The van der Waals surface area contributed by atoms with E-state index in [2.05, 4.69) is 17.3 Å². The minimum atomic E-state index is -0.429. The Morgan fingerprint density at radius 1 is 1.30 bits per heavy atom. The number of rotatable bonds is 5. The van der Waals surface area contributed by atoms with Crippen molar-refractivity contribution in [2.75, 3.05) is 20.1 Å². The van der Waals surface area contributed by atoms with Gasteiger partial charge in [0.2, 0.25) is 0 Å². The van der Waals surface area contributed by atoms with Crippen LogP contribution in [-0.2, 0) is 4.74 Å². The number of hydrogen-bond acceptors (Lipinski definition) is 4. The van der Waals surface area contributed by atoms with Gasteiger partial charge in [0, 0.05) is 18.6 Å². The van der Waals surface area contributed by atoms with Crippen molar-refractivity contribution in [1.29, 1.82) is 0 Å². The number of alkyl carbamates (subject to hydrolysis) is 1. The fourth-order valence-corrected chi connectivity index (χ4v) is 2.56. The number of nitrogens with two attached hydrogens (primary N) is 1. The third-order valence-corrected chi connectivity index (χ3v) is 3.72. The van der Waals surface area contributed by atoms with Crippen LogP contribution in [0.15, 0.2) is 0 Å². The molecule has 1 aliphatic rings. The van der Waals surface area contributed by atoms with Crippen LogP contribution in [0.3, 0.4) is 0 Å². The van der Waals surface area contributed by atoms with Crippen molar-refractivity contribution in [1.82, 2.24) is 10.2 Å². The molecule has 5 heteroatoms. The Morgan fingerprint density at radius 2 is 1.90 bits per heavy atom. The van der Waals surface area contributed by atoms with Gasteiger partial charge in [-0.2, -0.15) is 0 Å². The summed E-state index contributed by atoms with van der Waals surface area (Å²) in [5.41, 5.74) is 5.49. The smallest absolute Gasteiger partial charge is 0.407 e. The van der Waals surface area contributed by atoms with E-state index >= 15 is 0 Å². The molecule has 118 valence electrons. The van der Waals surface area contributed by atoms with E-state index in [0.717, 1.165) is 25.8 Å². The molecule has 1 fully saturated rings. The molecular weight excluding hydrogens is 254 g/mol. The van der Waals surface area contributed by atoms with Crippen molar-refractivity contribution in [2.24, 2.45) is 5.73 Å². The summed E-state index contributed by atoms with van der Waals surface area (Å²) in [6.07, 6.45) is 5.26. The summed E-state index contributed by atoms with van der Waals surface area (Å²) < 4.78 is 5.20. The Balaban J connectivity index is 2.10. The Kier molecular flexibility index (Phi) is 6.76. The number of nitrogens with one attached hydrogen (secondary N) is 1. The number of carbonyl (C=O) groups excluding carboxylic acids is 1. The van der Waals surface area contributed by atoms with Crippen molar-refractivity contribution < 1.29 is 9.53 Å². The van der Waals surface area contributed by atoms with Gasteiger partial charge in [-0.3, -0.25) is 0 Å². The highest BCUT2D eigenvalue weighted by molar-refractivity contribution is 5.67. The van der Waals surface area contributed by atoms with E-state index < -0.39 is 5.60 Å². The normalized spacial score (nSPS) is 23.7. The lowest BCUT2D eigenvalue weighted by Crippen LogP contribution is -2.40. The van der Waals surface area contributed by atoms with Crippen molar-refractivity contribution >= 4 is 6.09 Å². The zero-order valence-electron chi connectivity index (χ0n) is 13.4. The number of carbonyl (C=O) groups is 1. The molecule has 1 saturated carbocycles. The van der Waals surface area contributed by atoms with Crippen molar-refractivity contribution in [3.05, 3.63) is 0 Å². The highest BCUT2D eigenvalue weighted by Gasteiger charge is 2.21. The van der Waals surface area contributed by atoms with E-state index in [9.17, 15) is 4.79 Å². The molecule has 0 saturated heterocycles. The fourth-order valence-electron chi connectivity index (χ4n) is 2.56. The molecule has 0 radical (unpaired) electrons. The second-order valence-corrected chi connectivity index (χ2v) is 6.83. The first-order valence-electron chi connectivity index (χ1n) is 7.70. The van der Waals surface area contributed by atoms with Crippen LogP contribution in [0.5, 0.6) is 0 Å². The third kappa shape index (κ3) is 7.10. The van der Waals surface area contributed by atoms with E-state index in [1.54, 1.807) is 0 Å². The maximum atomic E-state index is 11.5. The minimum absolute atomic E-state index is 0.330. The summed E-state index contributed by atoms with van der Waals surface area (Å²) in [6, 6.07) is 1.05. The van der Waals surface area contributed by atoms with E-state index in [4.69, 9.17) is 10.5 Å². The Morgan fingerprint density at radius 3 is 2.45 bits per heavy atom. The summed E-state index contributed by atoms with van der Waals surface area (Å²) in [4.78, 5) is 13.9. The van der Waals surface area contributed by atoms with E-state index in [0.29, 0.717) is 18.6 Å². The lowest BCUT2D eigenvalue weighted by molar-refractivity contribution is 0.0525. The van der Waals surface area contributed by atoms with Crippen LogP contribution >= 0.6 is 0 Å². The largest absolute Gasteiger partial charge is 0.444 e. The van der Waals surface area contributed by atoms with Crippen LogP contribution in [0.1, 0.15) is 52.9 Å². The SMILES string of the molecule is CN(CCCNC(=O)OC(C)(C)C)C1CCC(N)CC1. The molecule has 0 aliphatic heterocycles. The van der Waals surface area contributed by atoms with Gasteiger partial charge in [0.1, 0.15) is 5.60 Å². The predicted octanol–water partition coefficient (Wildman–Crippen LogP) is 2.10. The Hall–Kier alpha value is -0.810. The zero-order valence-corrected chi connectivity index (χ0v) is 13.4. The van der Waals surface area contributed by atoms with Gasteiger partial charge in [0.15, 0.2) is 0 Å². The van der Waals surface area contributed by atoms with Crippen molar-refractivity contribution in [3.63, 3.8) is 0 Å². The molecule has 0 spiro atoms. The summed E-state index contributed by atoms with van der Waals surface area (Å²) in [7, 11) is 2.16. The van der Waals surface area contributed by atoms with Crippen LogP contribution in [0.25, 0.3) is 0 Å². The molecule has 0 bridgehead atoms. The van der Waals surface area contributed by atoms with E-state index in [1.807, 2.05) is 20.8 Å². The lowest BCUT2D eigenvalue weighted by Gasteiger charge is -2.33. The van der Waals surface area contributed by atoms with Crippen LogP contribution in [0.2, 0.25) is 0 Å². The molecule has 1 amide bonds. The molecule has 0 aromatic heterocycles. The van der Waals surface area contributed by atoms with Gasteiger partial charge >= 0.3 is 6.09 Å². The standard InChI is InChI=1S/C15H31N3O2/c1-15(2,3)20-14(19)17-10-5-11-18(4)13-8-6-12(16)7-9-13/h12-13H,5-11,16H2,1-4H3,(H,17,19). The molecule has 1 aliphatic carbocycles. The van der Waals surface area contributed by atoms with Crippen LogP contribution in [0, 0.1) is 0 Å². The summed E-state index contributed by atoms with van der Waals surface area (Å²) in [6.45, 7) is 7.26. The van der Waals surface area contributed by atoms with Crippen molar-refractivity contribution in [2.45, 2.75) is 70.6 Å². The van der Waals surface area contributed by atoms with E-state index in [1.165, 1.54) is 12.8 Å². The molecule has 20 heavy (non-hydrogen) atoms. The highest BCUT2D eigenvalue weighted by atomic mass is 16.6. The molecule has 5 nitrogen and oxygen atoms in total. The van der Waals surface area contributed by atoms with Gasteiger partial charge < -0.3 is 20.7 Å². The first-order valence-corrected chi connectivity index (χ1v) is 7.70. The van der Waals surface area contributed by atoms with Gasteiger partial charge in [0.25, 0.3) is 0 Å². The Labute approximate surface area is 123 Å². The lowest BCUT2D eigenvalue weighted by atomic mass is 9.91. The molecule has 0 aromatic rings. The van der Waals surface area contributed by atoms with Gasteiger partial charge in [-0.15, -0.1) is 0 Å². The molecule has 1 rings (SSSR count). The molecule has 0 unspecified atom stereocenters. The topological polar surface area (TPSA) is 67.6 Å². The zero-order chi connectivity index (χ0) is 15.2. The molecule has 0 aromatic carbocycles. The van der Waals surface area contributed by atoms with Gasteiger partial charge in [0.05, 0.1) is 0 Å². The van der Waals surface area contributed by atoms with Crippen LogP contribution in [0.4, 0.5) is 4.79 Å². The summed E-state index contributed by atoms with van der Waals surface area (Å²) >= 11 is 0. The summed E-state index contributed by atoms with van der Waals surface area (Å²) in [5.74, 6) is 0. The van der Waals surface area contributed by atoms with Crippen LogP contribution in [-0.4, -0.2) is 48.8 Å². The second-order valence-electron chi connectivity index (χ2n) is 6.83. The predicted molar refractivity (Wildman–Crippen MR) is 81.7 cm³/mol. The minimum Gasteiger partial charge on any atom is -0.444 e. The maximum Gasteiger partial charge on any atom is 0.407 e. The number of amides is 1. The van der Waals surface area contributed by atoms with Crippen LogP contribution < -0.4 is 11.1 Å². The first kappa shape index (κ1) is 17.2. The Bertz CT molecular complexity index is 294. The maximum absolute atomic E-state index is 11.5. The van der Waals surface area contributed by atoms with Gasteiger partial charge in [-0.05, 0) is 66.5 Å².